The van der Waals surface area contributed by atoms with E-state index in [0.29, 0.717) is 24.2 Å². The number of anilines is 1. The van der Waals surface area contributed by atoms with Crippen LogP contribution in [-0.4, -0.2) is 46.9 Å². The number of carbonyl (C=O) groups is 2. The highest BCUT2D eigenvalue weighted by Crippen LogP contribution is 2.28. The highest BCUT2D eigenvalue weighted by molar-refractivity contribution is 5.95. The van der Waals surface area contributed by atoms with Crippen LogP contribution in [0.5, 0.6) is 5.75 Å². The monoisotopic (exact) mass is 444 g/mol. The lowest BCUT2D eigenvalue weighted by Crippen LogP contribution is -2.55. The molecule has 1 amide bonds. The van der Waals surface area contributed by atoms with E-state index < -0.39 is 5.97 Å². The van der Waals surface area contributed by atoms with Gasteiger partial charge in [0.15, 0.2) is 11.6 Å². The molecule has 1 aromatic heterocycles. The summed E-state index contributed by atoms with van der Waals surface area (Å²) in [4.78, 5) is 31.6. The van der Waals surface area contributed by atoms with Crippen molar-refractivity contribution in [3.05, 3.63) is 77.5 Å². The third-order valence-electron chi connectivity index (χ3n) is 5.76. The molecule has 33 heavy (non-hydrogen) atoms. The second-order valence-electron chi connectivity index (χ2n) is 8.57. The normalized spacial score (nSPS) is 18.1. The maximum atomic E-state index is 12.9. The van der Waals surface area contributed by atoms with Gasteiger partial charge in [0.05, 0.1) is 5.56 Å². The number of pyridine rings is 1. The summed E-state index contributed by atoms with van der Waals surface area (Å²) >= 11 is 0. The largest absolute Gasteiger partial charge is 0.419 e. The molecule has 7 heteroatoms. The molecule has 1 fully saturated rings. The highest BCUT2D eigenvalue weighted by Gasteiger charge is 2.25. The van der Waals surface area contributed by atoms with Crippen LogP contribution in [0, 0.1) is 6.92 Å². The van der Waals surface area contributed by atoms with Gasteiger partial charge >= 0.3 is 5.97 Å². The number of hydrogen-bond donors (Lipinski definition) is 2. The molecular formula is C26H28N4O3. The third kappa shape index (κ3) is 5.04. The van der Waals surface area contributed by atoms with Gasteiger partial charge in [-0.25, -0.2) is 9.78 Å². The molecule has 7 nitrogen and oxygen atoms in total. The van der Waals surface area contributed by atoms with Crippen molar-refractivity contribution in [2.24, 2.45) is 0 Å². The quantitative estimate of drug-likeness (QED) is 0.596. The van der Waals surface area contributed by atoms with Gasteiger partial charge in [0, 0.05) is 42.5 Å². The Hall–Kier alpha value is -3.71. The van der Waals surface area contributed by atoms with Crippen molar-refractivity contribution in [3.8, 4) is 16.9 Å². The smallest absolute Gasteiger partial charge is 0.343 e. The highest BCUT2D eigenvalue weighted by atomic mass is 16.5. The fourth-order valence-corrected chi connectivity index (χ4v) is 4.13. The number of nitrogens with one attached hydrogen (secondary N) is 1. The Kier molecular flexibility index (Phi) is 6.42. The van der Waals surface area contributed by atoms with E-state index in [2.05, 4.69) is 24.1 Å². The third-order valence-corrected chi connectivity index (χ3v) is 5.76. The molecule has 170 valence electrons. The number of amides is 1. The number of hydrogen-bond acceptors (Lipinski definition) is 6. The summed E-state index contributed by atoms with van der Waals surface area (Å²) in [6, 6.07) is 16.8. The zero-order valence-corrected chi connectivity index (χ0v) is 19.0. The van der Waals surface area contributed by atoms with Crippen molar-refractivity contribution < 1.29 is 14.3 Å². The van der Waals surface area contributed by atoms with Gasteiger partial charge in [-0.05, 0) is 56.2 Å². The van der Waals surface area contributed by atoms with E-state index in [0.717, 1.165) is 16.7 Å². The summed E-state index contributed by atoms with van der Waals surface area (Å²) in [5, 5.41) is 3.44. The van der Waals surface area contributed by atoms with E-state index in [1.807, 2.05) is 48.2 Å². The molecule has 2 atom stereocenters. The van der Waals surface area contributed by atoms with Gasteiger partial charge in [0.25, 0.3) is 5.91 Å². The van der Waals surface area contributed by atoms with Crippen molar-refractivity contribution in [1.82, 2.24) is 15.2 Å². The summed E-state index contributed by atoms with van der Waals surface area (Å²) in [6.07, 6.45) is 1.62. The average Bonchev–Trinajstić information content (AvgIpc) is 2.80. The number of nitrogens with two attached hydrogens (primary N) is 1. The molecule has 2 heterocycles. The van der Waals surface area contributed by atoms with E-state index in [4.69, 9.17) is 10.5 Å². The van der Waals surface area contributed by atoms with Gasteiger partial charge in [0.1, 0.15) is 0 Å². The van der Waals surface area contributed by atoms with Crippen LogP contribution >= 0.6 is 0 Å². The predicted molar refractivity (Wildman–Crippen MR) is 128 cm³/mol. The van der Waals surface area contributed by atoms with Crippen LogP contribution in [0.15, 0.2) is 60.8 Å². The Morgan fingerprint density at radius 2 is 1.70 bits per heavy atom. The van der Waals surface area contributed by atoms with Crippen LogP contribution in [0.3, 0.4) is 0 Å². The minimum atomic E-state index is -0.487. The Morgan fingerprint density at radius 1 is 1.03 bits per heavy atom. The van der Waals surface area contributed by atoms with Crippen LogP contribution in [0.4, 0.5) is 5.82 Å². The number of nitrogen functional groups attached to an aromatic ring is 1. The Bertz CT molecular complexity index is 1170. The lowest BCUT2D eigenvalue weighted by Gasteiger charge is -2.36. The number of ether oxygens (including phenoxy) is 1. The molecule has 4 rings (SSSR count). The Morgan fingerprint density at radius 3 is 2.36 bits per heavy atom. The fraction of sp³-hybridized carbons (Fsp3) is 0.269. The van der Waals surface area contributed by atoms with E-state index in [-0.39, 0.29) is 29.6 Å². The van der Waals surface area contributed by atoms with Crippen molar-refractivity contribution in [2.75, 3.05) is 18.8 Å². The number of carbonyl (C=O) groups excluding carboxylic acids is 2. The summed E-state index contributed by atoms with van der Waals surface area (Å²) in [5.41, 5.74) is 9.46. The van der Waals surface area contributed by atoms with Crippen LogP contribution in [0.2, 0.25) is 0 Å². The Balaban J connectivity index is 1.52. The molecule has 3 N–H and O–H groups in total. The number of benzene rings is 2. The molecule has 3 aromatic rings. The topological polar surface area (TPSA) is 97.5 Å². The molecule has 1 aliphatic heterocycles. The van der Waals surface area contributed by atoms with E-state index in [1.54, 1.807) is 24.4 Å². The average molecular weight is 445 g/mol. The molecule has 1 saturated heterocycles. The lowest BCUT2D eigenvalue weighted by atomic mass is 10.0. The van der Waals surface area contributed by atoms with Gasteiger partial charge in [-0.15, -0.1) is 0 Å². The van der Waals surface area contributed by atoms with Crippen molar-refractivity contribution in [1.29, 1.82) is 0 Å². The fourth-order valence-electron chi connectivity index (χ4n) is 4.13. The van der Waals surface area contributed by atoms with Crippen LogP contribution in [0.1, 0.15) is 40.1 Å². The SMILES string of the molecule is Cc1ccccc1C(=O)Oc1cc(-c2ccc(C(=O)N3CC(C)NC(C)C3)cc2)cnc1N. The van der Waals surface area contributed by atoms with Crippen molar-refractivity contribution in [3.63, 3.8) is 0 Å². The predicted octanol–water partition coefficient (Wildman–Crippen LogP) is 3.68. The van der Waals surface area contributed by atoms with Crippen LogP contribution in [0.25, 0.3) is 11.1 Å². The van der Waals surface area contributed by atoms with Crippen LogP contribution in [-0.2, 0) is 0 Å². The minimum Gasteiger partial charge on any atom is -0.419 e. The van der Waals surface area contributed by atoms with Crippen molar-refractivity contribution in [2.45, 2.75) is 32.9 Å². The minimum absolute atomic E-state index is 0.0185. The molecule has 0 radical (unpaired) electrons. The number of rotatable bonds is 4. The first-order valence-electron chi connectivity index (χ1n) is 11.0. The Labute approximate surface area is 193 Å². The second kappa shape index (κ2) is 9.42. The standard InChI is InChI=1S/C26H28N4O3/c1-16-6-4-5-7-22(16)26(32)33-23-12-21(13-28-24(23)27)19-8-10-20(11-9-19)25(31)30-14-17(2)29-18(3)15-30/h4-13,17-18,29H,14-15H2,1-3H3,(H2,27,28). The first-order chi connectivity index (χ1) is 15.8. The zero-order chi connectivity index (χ0) is 23.5. The van der Waals surface area contributed by atoms with Gasteiger partial charge in [-0.1, -0.05) is 30.3 Å². The zero-order valence-electron chi connectivity index (χ0n) is 19.0. The molecule has 0 aliphatic carbocycles. The van der Waals surface area contributed by atoms with Crippen molar-refractivity contribution >= 4 is 17.7 Å². The number of esters is 1. The van der Waals surface area contributed by atoms with Crippen LogP contribution < -0.4 is 15.8 Å². The first kappa shape index (κ1) is 22.5. The molecule has 1 aliphatic rings. The molecule has 0 saturated carbocycles. The lowest BCUT2D eigenvalue weighted by molar-refractivity contribution is 0.0673. The second-order valence-corrected chi connectivity index (χ2v) is 8.57. The number of nitrogens with zero attached hydrogens (tertiary/aromatic N) is 2. The van der Waals surface area contributed by atoms with E-state index >= 15 is 0 Å². The van der Waals surface area contributed by atoms with E-state index in [1.165, 1.54) is 0 Å². The molecule has 2 unspecified atom stereocenters. The summed E-state index contributed by atoms with van der Waals surface area (Å²) < 4.78 is 5.54. The summed E-state index contributed by atoms with van der Waals surface area (Å²) in [7, 11) is 0. The van der Waals surface area contributed by atoms with Gasteiger partial charge in [-0.2, -0.15) is 0 Å². The number of aromatic nitrogens is 1. The molecule has 0 spiro atoms. The van der Waals surface area contributed by atoms with E-state index in [9.17, 15) is 9.59 Å². The summed E-state index contributed by atoms with van der Waals surface area (Å²) in [6.45, 7) is 7.37. The molecule has 2 aromatic carbocycles. The maximum Gasteiger partial charge on any atom is 0.343 e. The van der Waals surface area contributed by atoms with Gasteiger partial charge in [-0.3, -0.25) is 4.79 Å². The summed E-state index contributed by atoms with van der Waals surface area (Å²) in [5.74, 6) is -0.136. The molecular weight excluding hydrogens is 416 g/mol. The van der Waals surface area contributed by atoms with Gasteiger partial charge < -0.3 is 20.7 Å². The number of piperazine rings is 1. The van der Waals surface area contributed by atoms with Gasteiger partial charge in [0.2, 0.25) is 0 Å². The maximum absolute atomic E-state index is 12.9. The molecule has 0 bridgehead atoms. The first-order valence-corrected chi connectivity index (χ1v) is 11.0. The number of aryl methyl sites for hydroxylation is 1.